The molecule has 0 aliphatic carbocycles. The van der Waals surface area contributed by atoms with Gasteiger partial charge in [0.25, 0.3) is 5.91 Å². The first kappa shape index (κ1) is 18.6. The zero-order chi connectivity index (χ0) is 19.7. The van der Waals surface area contributed by atoms with Crippen molar-refractivity contribution in [2.45, 2.75) is 6.92 Å². The van der Waals surface area contributed by atoms with E-state index in [-0.39, 0.29) is 5.91 Å². The van der Waals surface area contributed by atoms with Gasteiger partial charge in [0.15, 0.2) is 5.17 Å². The maximum absolute atomic E-state index is 12.6. The fourth-order valence-corrected chi connectivity index (χ4v) is 3.95. The molecule has 1 aliphatic rings. The molecule has 0 N–H and O–H groups in total. The standard InChI is InChI=1S/C22H17ClN2O2S/c1-14-6-3-4-9-18(14)24-22-25(2)21(26)20(28-22)13-17-10-11-19(27-17)15-7-5-8-16(23)12-15/h3-13H,1-2H3/b20-13+,24-22?. The van der Waals surface area contributed by atoms with Crippen LogP contribution in [-0.4, -0.2) is 23.0 Å². The first-order chi connectivity index (χ1) is 13.5. The smallest absolute Gasteiger partial charge is 0.266 e. The van der Waals surface area contributed by atoms with Gasteiger partial charge in [-0.05, 0) is 54.6 Å². The molecule has 0 radical (unpaired) electrons. The fraction of sp³-hybridized carbons (Fsp3) is 0.0909. The number of benzene rings is 2. The van der Waals surface area contributed by atoms with Crippen LogP contribution in [0.15, 0.2) is 75.0 Å². The van der Waals surface area contributed by atoms with Crippen LogP contribution in [0, 0.1) is 6.92 Å². The van der Waals surface area contributed by atoms with E-state index in [9.17, 15) is 4.79 Å². The van der Waals surface area contributed by atoms with E-state index >= 15 is 0 Å². The molecular weight excluding hydrogens is 392 g/mol. The molecule has 0 unspecified atom stereocenters. The summed E-state index contributed by atoms with van der Waals surface area (Å²) in [6.07, 6.45) is 1.75. The van der Waals surface area contributed by atoms with Crippen molar-refractivity contribution in [2.75, 3.05) is 7.05 Å². The summed E-state index contributed by atoms with van der Waals surface area (Å²) in [5, 5.41) is 1.29. The van der Waals surface area contributed by atoms with Gasteiger partial charge in [0.05, 0.1) is 10.6 Å². The van der Waals surface area contributed by atoms with Gasteiger partial charge in [0.1, 0.15) is 11.5 Å². The van der Waals surface area contributed by atoms with Crippen LogP contribution in [0.1, 0.15) is 11.3 Å². The SMILES string of the molecule is Cc1ccccc1N=C1S/C(=C/c2ccc(-c3cccc(Cl)c3)o2)C(=O)N1C. The van der Waals surface area contributed by atoms with Crippen molar-refractivity contribution in [3.8, 4) is 11.3 Å². The second kappa shape index (κ2) is 7.70. The molecule has 0 bridgehead atoms. The number of thioether (sulfide) groups is 1. The molecule has 1 aromatic heterocycles. The number of amides is 1. The summed E-state index contributed by atoms with van der Waals surface area (Å²) in [7, 11) is 1.73. The predicted octanol–water partition coefficient (Wildman–Crippen LogP) is 6.14. The average molecular weight is 409 g/mol. The Morgan fingerprint density at radius 2 is 1.93 bits per heavy atom. The topological polar surface area (TPSA) is 45.8 Å². The van der Waals surface area contributed by atoms with Crippen molar-refractivity contribution >= 4 is 46.2 Å². The van der Waals surface area contributed by atoms with E-state index in [0.29, 0.717) is 26.6 Å². The summed E-state index contributed by atoms with van der Waals surface area (Å²) in [6.45, 7) is 2.00. The number of hydrogen-bond acceptors (Lipinski definition) is 4. The summed E-state index contributed by atoms with van der Waals surface area (Å²) in [5.41, 5.74) is 2.81. The average Bonchev–Trinajstić information content (AvgIpc) is 3.25. The monoisotopic (exact) mass is 408 g/mol. The van der Waals surface area contributed by atoms with Crippen molar-refractivity contribution in [1.29, 1.82) is 0 Å². The van der Waals surface area contributed by atoms with Crippen molar-refractivity contribution in [3.05, 3.63) is 81.9 Å². The Morgan fingerprint density at radius 1 is 1.11 bits per heavy atom. The number of nitrogens with zero attached hydrogens (tertiary/aromatic N) is 2. The normalized spacial score (nSPS) is 17.1. The fourth-order valence-electron chi connectivity index (χ4n) is 2.80. The molecular formula is C22H17ClN2O2S. The maximum Gasteiger partial charge on any atom is 0.266 e. The summed E-state index contributed by atoms with van der Waals surface area (Å²) < 4.78 is 5.88. The summed E-state index contributed by atoms with van der Waals surface area (Å²) in [6, 6.07) is 19.0. The first-order valence-corrected chi connectivity index (χ1v) is 9.88. The van der Waals surface area contributed by atoms with Crippen LogP contribution in [0.4, 0.5) is 5.69 Å². The minimum absolute atomic E-state index is 0.0990. The molecule has 0 spiro atoms. The number of aliphatic imine (C=N–C) groups is 1. The van der Waals surface area contributed by atoms with E-state index in [0.717, 1.165) is 16.8 Å². The number of hydrogen-bond donors (Lipinski definition) is 0. The van der Waals surface area contributed by atoms with Crippen molar-refractivity contribution < 1.29 is 9.21 Å². The summed E-state index contributed by atoms with van der Waals surface area (Å²) in [4.78, 5) is 19.4. The van der Waals surface area contributed by atoms with Crippen LogP contribution in [0.25, 0.3) is 17.4 Å². The van der Waals surface area contributed by atoms with E-state index in [1.54, 1.807) is 18.0 Å². The third kappa shape index (κ3) is 3.77. The number of carbonyl (C=O) groups is 1. The van der Waals surface area contributed by atoms with Crippen LogP contribution in [0.2, 0.25) is 5.02 Å². The number of rotatable bonds is 3. The Labute approximate surface area is 172 Å². The summed E-state index contributed by atoms with van der Waals surface area (Å²) in [5.74, 6) is 1.21. The van der Waals surface area contributed by atoms with Gasteiger partial charge in [-0.2, -0.15) is 0 Å². The van der Waals surface area contributed by atoms with Gasteiger partial charge in [0, 0.05) is 23.7 Å². The second-order valence-electron chi connectivity index (χ2n) is 6.37. The van der Waals surface area contributed by atoms with Crippen molar-refractivity contribution in [1.82, 2.24) is 4.90 Å². The molecule has 3 aromatic rings. The third-order valence-corrected chi connectivity index (χ3v) is 5.64. The first-order valence-electron chi connectivity index (χ1n) is 8.69. The molecule has 1 fully saturated rings. The highest BCUT2D eigenvalue weighted by molar-refractivity contribution is 8.18. The Balaban J connectivity index is 1.61. The number of para-hydroxylation sites is 1. The third-order valence-electron chi connectivity index (χ3n) is 4.34. The van der Waals surface area contributed by atoms with Gasteiger partial charge < -0.3 is 4.42 Å². The van der Waals surface area contributed by atoms with Gasteiger partial charge in [-0.1, -0.05) is 41.9 Å². The molecule has 0 saturated carbocycles. The molecule has 28 heavy (non-hydrogen) atoms. The van der Waals surface area contributed by atoms with Crippen LogP contribution in [0.5, 0.6) is 0 Å². The van der Waals surface area contributed by atoms with Crippen LogP contribution in [0.3, 0.4) is 0 Å². The second-order valence-corrected chi connectivity index (χ2v) is 7.81. The van der Waals surface area contributed by atoms with Crippen LogP contribution in [-0.2, 0) is 4.79 Å². The largest absolute Gasteiger partial charge is 0.457 e. The minimum Gasteiger partial charge on any atom is -0.457 e. The molecule has 4 nitrogen and oxygen atoms in total. The molecule has 2 aromatic carbocycles. The number of aryl methyl sites for hydroxylation is 1. The van der Waals surface area contributed by atoms with Gasteiger partial charge in [-0.25, -0.2) is 4.99 Å². The van der Waals surface area contributed by atoms with E-state index in [1.165, 1.54) is 11.8 Å². The molecule has 1 amide bonds. The molecule has 2 heterocycles. The zero-order valence-electron chi connectivity index (χ0n) is 15.3. The van der Waals surface area contributed by atoms with Gasteiger partial charge in [-0.3, -0.25) is 9.69 Å². The molecule has 4 rings (SSSR count). The van der Waals surface area contributed by atoms with Gasteiger partial charge >= 0.3 is 0 Å². The lowest BCUT2D eigenvalue weighted by molar-refractivity contribution is -0.121. The van der Waals surface area contributed by atoms with E-state index < -0.39 is 0 Å². The van der Waals surface area contributed by atoms with Crippen LogP contribution >= 0.6 is 23.4 Å². The summed E-state index contributed by atoms with van der Waals surface area (Å²) >= 11 is 7.39. The number of furan rings is 1. The molecule has 0 atom stereocenters. The highest BCUT2D eigenvalue weighted by atomic mass is 35.5. The number of halogens is 1. The number of carbonyl (C=O) groups excluding carboxylic acids is 1. The number of amidine groups is 1. The lowest BCUT2D eigenvalue weighted by Crippen LogP contribution is -2.23. The Kier molecular flexibility index (Phi) is 5.11. The highest BCUT2D eigenvalue weighted by Crippen LogP contribution is 2.34. The maximum atomic E-state index is 12.6. The van der Waals surface area contributed by atoms with E-state index in [4.69, 9.17) is 16.0 Å². The quantitative estimate of drug-likeness (QED) is 0.489. The number of likely N-dealkylation sites (N-methyl/N-ethyl adjacent to an activating group) is 1. The van der Waals surface area contributed by atoms with Gasteiger partial charge in [-0.15, -0.1) is 0 Å². The molecule has 1 aliphatic heterocycles. The van der Waals surface area contributed by atoms with Crippen molar-refractivity contribution in [3.63, 3.8) is 0 Å². The highest BCUT2D eigenvalue weighted by Gasteiger charge is 2.30. The van der Waals surface area contributed by atoms with Crippen molar-refractivity contribution in [2.24, 2.45) is 4.99 Å². The lowest BCUT2D eigenvalue weighted by atomic mass is 10.2. The van der Waals surface area contributed by atoms with Crippen LogP contribution < -0.4 is 0 Å². The molecule has 6 heteroatoms. The Hall–Kier alpha value is -2.76. The minimum atomic E-state index is -0.0990. The molecule has 1 saturated heterocycles. The molecule has 140 valence electrons. The predicted molar refractivity (Wildman–Crippen MR) is 116 cm³/mol. The van der Waals surface area contributed by atoms with Gasteiger partial charge in [0.2, 0.25) is 0 Å². The zero-order valence-corrected chi connectivity index (χ0v) is 16.9. The Bertz CT molecular complexity index is 1120. The van der Waals surface area contributed by atoms with E-state index in [2.05, 4.69) is 4.99 Å². The Morgan fingerprint density at radius 3 is 2.71 bits per heavy atom. The lowest BCUT2D eigenvalue weighted by Gasteiger charge is -2.08. The van der Waals surface area contributed by atoms with E-state index in [1.807, 2.05) is 67.6 Å².